The number of ether oxygens (including phenoxy) is 4. The van der Waals surface area contributed by atoms with E-state index in [4.69, 9.17) is 18.9 Å². The summed E-state index contributed by atoms with van der Waals surface area (Å²) >= 11 is 0. The number of aliphatic hydroxyl groups is 1. The van der Waals surface area contributed by atoms with Crippen LogP contribution in [0.3, 0.4) is 0 Å². The van der Waals surface area contributed by atoms with Crippen molar-refractivity contribution < 1.29 is 28.8 Å². The molecule has 6 aliphatic rings. The highest BCUT2D eigenvalue weighted by atomic mass is 16.9. The van der Waals surface area contributed by atoms with Crippen LogP contribution in [0.25, 0.3) is 0 Å². The average Bonchev–Trinajstić information content (AvgIpc) is 3.38. The van der Waals surface area contributed by atoms with E-state index in [1.54, 1.807) is 0 Å². The minimum Gasteiger partial charge on any atom is -0.393 e. The van der Waals surface area contributed by atoms with Crippen molar-refractivity contribution in [2.24, 2.45) is 34.5 Å². The van der Waals surface area contributed by atoms with Gasteiger partial charge in [0.1, 0.15) is 12.2 Å². The van der Waals surface area contributed by atoms with Crippen LogP contribution < -0.4 is 0 Å². The standard InChI is InChI=1S/C24H34O6/c1-14-8-18-17-5-4-15-9-16(25)6-7-21(15,2)20(17)19(26)10-22(18,3)24(14)23(29-13-30-24)11-27-12-28-23/h9,14,17-20,26H,4-8,10-13H2,1-3H3/t14-,17+,18+,19+,20-,21+,22+,23?,24-/m1/s1. The molecule has 0 aromatic heterocycles. The van der Waals surface area contributed by atoms with Crippen molar-refractivity contribution in [3.05, 3.63) is 11.6 Å². The van der Waals surface area contributed by atoms with Crippen LogP contribution >= 0.6 is 0 Å². The van der Waals surface area contributed by atoms with Crippen LogP contribution in [-0.4, -0.2) is 48.6 Å². The van der Waals surface area contributed by atoms with Gasteiger partial charge in [-0.15, -0.1) is 0 Å². The largest absolute Gasteiger partial charge is 0.393 e. The fourth-order valence-electron chi connectivity index (χ4n) is 9.21. The number of ketones is 1. The summed E-state index contributed by atoms with van der Waals surface area (Å²) in [6, 6.07) is 0. The second-order valence-electron chi connectivity index (χ2n) is 11.2. The van der Waals surface area contributed by atoms with Gasteiger partial charge in [0.05, 0.1) is 6.10 Å². The monoisotopic (exact) mass is 418 g/mol. The second-order valence-corrected chi connectivity index (χ2v) is 11.2. The lowest BCUT2D eigenvalue weighted by Gasteiger charge is -2.61. The van der Waals surface area contributed by atoms with E-state index in [0.29, 0.717) is 31.3 Å². The van der Waals surface area contributed by atoms with Gasteiger partial charge in [-0.25, -0.2) is 0 Å². The molecular weight excluding hydrogens is 384 g/mol. The minimum atomic E-state index is -0.872. The first-order valence-electron chi connectivity index (χ1n) is 11.7. The van der Waals surface area contributed by atoms with Crippen molar-refractivity contribution in [2.75, 3.05) is 20.2 Å². The number of carbonyl (C=O) groups excluding carboxylic acids is 1. The van der Waals surface area contributed by atoms with Crippen LogP contribution in [-0.2, 0) is 23.7 Å². The molecule has 6 nitrogen and oxygen atoms in total. The molecule has 166 valence electrons. The van der Waals surface area contributed by atoms with Gasteiger partial charge in [-0.3, -0.25) is 4.79 Å². The summed E-state index contributed by atoms with van der Waals surface area (Å²) < 4.78 is 24.4. The molecule has 2 spiro atoms. The van der Waals surface area contributed by atoms with Crippen LogP contribution in [0.2, 0.25) is 0 Å². The summed E-state index contributed by atoms with van der Waals surface area (Å²) in [4.78, 5) is 12.1. The Balaban J connectivity index is 1.43. The van der Waals surface area contributed by atoms with Gasteiger partial charge < -0.3 is 24.1 Å². The topological polar surface area (TPSA) is 74.2 Å². The van der Waals surface area contributed by atoms with Gasteiger partial charge in [0.2, 0.25) is 5.79 Å². The molecule has 1 N–H and O–H groups in total. The van der Waals surface area contributed by atoms with Crippen LogP contribution in [0.1, 0.15) is 59.3 Å². The van der Waals surface area contributed by atoms with E-state index in [0.717, 1.165) is 25.7 Å². The Morgan fingerprint density at radius 3 is 2.70 bits per heavy atom. The molecule has 30 heavy (non-hydrogen) atoms. The van der Waals surface area contributed by atoms with Crippen molar-refractivity contribution in [1.29, 1.82) is 0 Å². The molecule has 6 heteroatoms. The highest BCUT2D eigenvalue weighted by molar-refractivity contribution is 5.91. The molecule has 0 aromatic carbocycles. The number of aliphatic hydroxyl groups excluding tert-OH is 1. The highest BCUT2D eigenvalue weighted by Crippen LogP contribution is 2.72. The smallest absolute Gasteiger partial charge is 0.227 e. The molecule has 2 saturated heterocycles. The molecule has 0 bridgehead atoms. The molecule has 0 amide bonds. The molecule has 6 rings (SSSR count). The Morgan fingerprint density at radius 2 is 1.93 bits per heavy atom. The quantitative estimate of drug-likeness (QED) is 0.651. The molecule has 0 radical (unpaired) electrons. The number of fused-ring (bicyclic) bond motifs is 7. The summed E-state index contributed by atoms with van der Waals surface area (Å²) in [5.74, 6) is 0.675. The summed E-state index contributed by atoms with van der Waals surface area (Å²) in [6.07, 6.45) is 6.65. The zero-order valence-electron chi connectivity index (χ0n) is 18.3. The molecule has 9 atom stereocenters. The predicted octanol–water partition coefficient (Wildman–Crippen LogP) is 3.18. The zero-order valence-corrected chi connectivity index (χ0v) is 18.3. The Hall–Kier alpha value is -0.790. The van der Waals surface area contributed by atoms with E-state index in [2.05, 4.69) is 20.8 Å². The first-order chi connectivity index (χ1) is 14.3. The third kappa shape index (κ3) is 2.11. The summed E-state index contributed by atoms with van der Waals surface area (Å²) in [7, 11) is 0. The molecule has 5 fully saturated rings. The van der Waals surface area contributed by atoms with Crippen LogP contribution in [0.5, 0.6) is 0 Å². The van der Waals surface area contributed by atoms with Gasteiger partial charge in [-0.05, 0) is 67.3 Å². The van der Waals surface area contributed by atoms with Crippen molar-refractivity contribution in [3.8, 4) is 0 Å². The van der Waals surface area contributed by atoms with E-state index in [-0.39, 0.29) is 42.0 Å². The van der Waals surface area contributed by atoms with Gasteiger partial charge in [0.25, 0.3) is 0 Å². The lowest BCUT2D eigenvalue weighted by molar-refractivity contribution is -0.267. The second kappa shape index (κ2) is 6.16. The van der Waals surface area contributed by atoms with E-state index in [1.807, 2.05) is 6.08 Å². The van der Waals surface area contributed by atoms with Gasteiger partial charge in [0, 0.05) is 11.8 Å². The SMILES string of the molecule is C[C@@H]1C[C@H]2[C@@H]3CCC4=CC(=O)CC[C@]4(C)[C@H]3[C@@H](O)C[C@]2(C)[C@]12OCOC21COCO1. The Labute approximate surface area is 178 Å². The van der Waals surface area contributed by atoms with E-state index < -0.39 is 17.5 Å². The Kier molecular flexibility index (Phi) is 4.08. The zero-order chi connectivity index (χ0) is 20.9. The molecule has 2 heterocycles. The van der Waals surface area contributed by atoms with Gasteiger partial charge in [-0.1, -0.05) is 26.3 Å². The fraction of sp³-hybridized carbons (Fsp3) is 0.875. The maximum atomic E-state index is 12.1. The van der Waals surface area contributed by atoms with Gasteiger partial charge >= 0.3 is 0 Å². The molecule has 4 aliphatic carbocycles. The minimum absolute atomic E-state index is 0.0751. The van der Waals surface area contributed by atoms with Gasteiger partial charge in [0.15, 0.2) is 19.4 Å². The maximum absolute atomic E-state index is 12.1. The molecule has 0 aromatic rings. The van der Waals surface area contributed by atoms with Crippen molar-refractivity contribution in [3.63, 3.8) is 0 Å². The Morgan fingerprint density at radius 1 is 1.13 bits per heavy atom. The predicted molar refractivity (Wildman–Crippen MR) is 107 cm³/mol. The third-order valence-electron chi connectivity index (χ3n) is 10.2. The Bertz CT molecular complexity index is 796. The fourth-order valence-corrected chi connectivity index (χ4v) is 9.21. The molecular formula is C24H34O6. The van der Waals surface area contributed by atoms with Gasteiger partial charge in [-0.2, -0.15) is 0 Å². The van der Waals surface area contributed by atoms with E-state index in [1.165, 1.54) is 5.57 Å². The van der Waals surface area contributed by atoms with Crippen LogP contribution in [0.15, 0.2) is 11.6 Å². The summed E-state index contributed by atoms with van der Waals surface area (Å²) in [6.45, 7) is 7.69. The lowest BCUT2D eigenvalue weighted by Crippen LogP contribution is -2.67. The van der Waals surface area contributed by atoms with Crippen LogP contribution in [0, 0.1) is 34.5 Å². The van der Waals surface area contributed by atoms with Crippen LogP contribution in [0.4, 0.5) is 0 Å². The summed E-state index contributed by atoms with van der Waals surface area (Å²) in [5, 5.41) is 11.7. The van der Waals surface area contributed by atoms with E-state index >= 15 is 0 Å². The first kappa shape index (κ1) is 19.9. The normalized spacial score (nSPS) is 57.4. The third-order valence-corrected chi connectivity index (χ3v) is 10.2. The first-order valence-corrected chi connectivity index (χ1v) is 11.7. The van der Waals surface area contributed by atoms with Crippen molar-refractivity contribution in [1.82, 2.24) is 0 Å². The number of hydrogen-bond acceptors (Lipinski definition) is 6. The number of hydrogen-bond donors (Lipinski definition) is 1. The lowest BCUT2D eigenvalue weighted by atomic mass is 9.45. The van der Waals surface area contributed by atoms with E-state index in [9.17, 15) is 9.90 Å². The molecule has 3 saturated carbocycles. The van der Waals surface area contributed by atoms with Crippen molar-refractivity contribution in [2.45, 2.75) is 76.8 Å². The number of carbonyl (C=O) groups is 1. The van der Waals surface area contributed by atoms with Crippen molar-refractivity contribution >= 4 is 5.78 Å². The number of allylic oxidation sites excluding steroid dienone is 1. The number of rotatable bonds is 0. The molecule has 1 unspecified atom stereocenters. The summed E-state index contributed by atoms with van der Waals surface area (Å²) in [5.41, 5.74) is 0.341. The highest BCUT2D eigenvalue weighted by Gasteiger charge is 2.79. The molecule has 2 aliphatic heterocycles. The average molecular weight is 419 g/mol. The maximum Gasteiger partial charge on any atom is 0.227 e.